The normalized spacial score (nSPS) is 13.8. The number of benzene rings is 3. The van der Waals surface area contributed by atoms with E-state index in [0.29, 0.717) is 28.1 Å². The average Bonchev–Trinajstić information content (AvgIpc) is 2.93. The summed E-state index contributed by atoms with van der Waals surface area (Å²) < 4.78 is 5.75. The second-order valence-electron chi connectivity index (χ2n) is 9.13. The lowest BCUT2D eigenvalue weighted by atomic mass is 10.0. The predicted molar refractivity (Wildman–Crippen MR) is 155 cm³/mol. The van der Waals surface area contributed by atoms with Gasteiger partial charge in [-0.2, -0.15) is 0 Å². The number of ether oxygens (including phenoxy) is 1. The molecule has 2 heterocycles. The molecule has 9 heteroatoms. The summed E-state index contributed by atoms with van der Waals surface area (Å²) >= 11 is 6.25. The number of carbonyl (C=O) groups excluding carboxylic acids is 1. The van der Waals surface area contributed by atoms with Crippen LogP contribution in [-0.4, -0.2) is 61.1 Å². The lowest BCUT2D eigenvalue weighted by Gasteiger charge is -2.35. The quantitative estimate of drug-likeness (QED) is 0.303. The van der Waals surface area contributed by atoms with Gasteiger partial charge in [0.1, 0.15) is 5.75 Å². The monoisotopic (exact) mass is 528 g/mol. The van der Waals surface area contributed by atoms with Crippen LogP contribution in [0.1, 0.15) is 0 Å². The predicted octanol–water partition coefficient (Wildman–Crippen LogP) is 5.58. The van der Waals surface area contributed by atoms with E-state index in [4.69, 9.17) is 21.3 Å². The Hall–Kier alpha value is -4.14. The first-order valence-corrected chi connectivity index (χ1v) is 12.7. The number of fused-ring (bicyclic) bond motifs is 1. The van der Waals surface area contributed by atoms with E-state index in [0.717, 1.165) is 53.9 Å². The van der Waals surface area contributed by atoms with Crippen LogP contribution in [0.25, 0.3) is 22.0 Å². The summed E-state index contributed by atoms with van der Waals surface area (Å²) in [6.07, 6.45) is 3.04. The molecule has 0 radical (unpaired) electrons. The minimum absolute atomic E-state index is 0.287. The van der Waals surface area contributed by atoms with Crippen molar-refractivity contribution in [3.63, 3.8) is 0 Å². The summed E-state index contributed by atoms with van der Waals surface area (Å²) in [6, 6.07) is 17.4. The number of rotatable bonds is 7. The Morgan fingerprint density at radius 2 is 1.87 bits per heavy atom. The van der Waals surface area contributed by atoms with Gasteiger partial charge in [-0.3, -0.25) is 4.79 Å². The fourth-order valence-corrected chi connectivity index (χ4v) is 4.74. The third kappa shape index (κ3) is 5.41. The molecule has 1 amide bonds. The van der Waals surface area contributed by atoms with Crippen LogP contribution in [0, 0.1) is 0 Å². The Morgan fingerprint density at radius 3 is 2.61 bits per heavy atom. The van der Waals surface area contributed by atoms with Crippen LogP contribution in [0.5, 0.6) is 5.75 Å². The van der Waals surface area contributed by atoms with E-state index in [9.17, 15) is 4.79 Å². The van der Waals surface area contributed by atoms with Gasteiger partial charge in [0.15, 0.2) is 0 Å². The Morgan fingerprint density at radius 1 is 1.08 bits per heavy atom. The standard InChI is InChI=1S/C29H29ClN6O2/c1-4-27(37)32-23-16-24(26(38-3)17-25(23)36-13-11-35(2)12-14-36)33-29-31-18-20-8-6-10-22(28(20)34-29)19-7-5-9-21(30)15-19/h4-10,15-18H,1,11-14H2,2-3H3,(H,32,37)(H,31,33,34). The maximum absolute atomic E-state index is 12.3. The molecule has 0 aliphatic carbocycles. The van der Waals surface area contributed by atoms with Crippen molar-refractivity contribution in [3.8, 4) is 16.9 Å². The Balaban J connectivity index is 1.54. The number of carbonyl (C=O) groups is 1. The highest BCUT2D eigenvalue weighted by molar-refractivity contribution is 6.30. The zero-order valence-electron chi connectivity index (χ0n) is 21.4. The molecule has 194 valence electrons. The molecule has 5 rings (SSSR count). The Kier molecular flexibility index (Phi) is 7.44. The maximum Gasteiger partial charge on any atom is 0.247 e. The highest BCUT2D eigenvalue weighted by Crippen LogP contribution is 2.39. The van der Waals surface area contributed by atoms with Crippen LogP contribution in [0.4, 0.5) is 23.0 Å². The lowest BCUT2D eigenvalue weighted by Crippen LogP contribution is -2.44. The highest BCUT2D eigenvalue weighted by Gasteiger charge is 2.21. The number of amides is 1. The summed E-state index contributed by atoms with van der Waals surface area (Å²) in [7, 11) is 3.72. The smallest absolute Gasteiger partial charge is 0.247 e. The molecule has 38 heavy (non-hydrogen) atoms. The fourth-order valence-electron chi connectivity index (χ4n) is 4.55. The van der Waals surface area contributed by atoms with Crippen LogP contribution in [-0.2, 0) is 4.79 Å². The molecule has 0 unspecified atom stereocenters. The Bertz CT molecular complexity index is 1500. The van der Waals surface area contributed by atoms with Crippen molar-refractivity contribution in [2.45, 2.75) is 0 Å². The number of aromatic nitrogens is 2. The molecule has 1 saturated heterocycles. The van der Waals surface area contributed by atoms with Crippen LogP contribution in [0.3, 0.4) is 0 Å². The second kappa shape index (κ2) is 11.1. The topological polar surface area (TPSA) is 82.6 Å². The van der Waals surface area contributed by atoms with Crippen LogP contribution in [0.2, 0.25) is 5.02 Å². The van der Waals surface area contributed by atoms with Gasteiger partial charge in [-0.1, -0.05) is 48.5 Å². The number of hydrogen-bond acceptors (Lipinski definition) is 7. The van der Waals surface area contributed by atoms with Crippen LogP contribution < -0.4 is 20.3 Å². The molecule has 0 saturated carbocycles. The van der Waals surface area contributed by atoms with Gasteiger partial charge in [0, 0.05) is 54.4 Å². The minimum atomic E-state index is -0.287. The van der Waals surface area contributed by atoms with Crippen molar-refractivity contribution in [2.75, 3.05) is 55.9 Å². The van der Waals surface area contributed by atoms with Gasteiger partial charge in [-0.05, 0) is 36.9 Å². The first-order chi connectivity index (χ1) is 18.4. The van der Waals surface area contributed by atoms with Crippen molar-refractivity contribution in [3.05, 3.63) is 78.5 Å². The molecule has 1 aliphatic rings. The number of halogens is 1. The van der Waals surface area contributed by atoms with Crippen LogP contribution >= 0.6 is 11.6 Å². The lowest BCUT2D eigenvalue weighted by molar-refractivity contribution is -0.111. The second-order valence-corrected chi connectivity index (χ2v) is 9.56. The molecule has 0 bridgehead atoms. The highest BCUT2D eigenvalue weighted by atomic mass is 35.5. The number of piperazine rings is 1. The number of hydrogen-bond donors (Lipinski definition) is 2. The van der Waals surface area contributed by atoms with Crippen molar-refractivity contribution >= 4 is 51.4 Å². The van der Waals surface area contributed by atoms with E-state index in [1.54, 1.807) is 13.3 Å². The molecule has 1 aliphatic heterocycles. The number of likely N-dealkylation sites (N-methyl/N-ethyl adjacent to an activating group) is 1. The molecule has 1 aromatic heterocycles. The van der Waals surface area contributed by atoms with Gasteiger partial charge in [0.2, 0.25) is 11.9 Å². The largest absolute Gasteiger partial charge is 0.494 e. The Labute approximate surface area is 226 Å². The minimum Gasteiger partial charge on any atom is -0.494 e. The summed E-state index contributed by atoms with van der Waals surface area (Å²) in [5.74, 6) is 0.727. The molecule has 0 atom stereocenters. The van der Waals surface area contributed by atoms with E-state index in [-0.39, 0.29) is 5.91 Å². The third-order valence-corrected chi connectivity index (χ3v) is 6.83. The van der Waals surface area contributed by atoms with Crippen molar-refractivity contribution < 1.29 is 9.53 Å². The van der Waals surface area contributed by atoms with Crippen LogP contribution in [0.15, 0.2) is 73.4 Å². The number of anilines is 4. The summed E-state index contributed by atoms with van der Waals surface area (Å²) in [4.78, 5) is 26.2. The third-order valence-electron chi connectivity index (χ3n) is 6.60. The van der Waals surface area contributed by atoms with E-state index in [2.05, 4.69) is 39.0 Å². The first kappa shape index (κ1) is 25.5. The average molecular weight is 529 g/mol. The number of methoxy groups -OCH3 is 1. The van der Waals surface area contributed by atoms with Crippen molar-refractivity contribution in [1.82, 2.24) is 14.9 Å². The number of nitrogens with one attached hydrogen (secondary N) is 2. The molecule has 0 spiro atoms. The van der Waals surface area contributed by atoms with Gasteiger partial charge in [-0.15, -0.1) is 0 Å². The molecule has 2 N–H and O–H groups in total. The zero-order chi connectivity index (χ0) is 26.6. The molecular weight excluding hydrogens is 500 g/mol. The maximum atomic E-state index is 12.3. The van der Waals surface area contributed by atoms with Gasteiger partial charge >= 0.3 is 0 Å². The van der Waals surface area contributed by atoms with E-state index in [1.807, 2.05) is 54.6 Å². The molecule has 8 nitrogen and oxygen atoms in total. The van der Waals surface area contributed by atoms with Crippen molar-refractivity contribution in [1.29, 1.82) is 0 Å². The van der Waals surface area contributed by atoms with E-state index >= 15 is 0 Å². The van der Waals surface area contributed by atoms with E-state index < -0.39 is 0 Å². The number of para-hydroxylation sites is 1. The van der Waals surface area contributed by atoms with Gasteiger partial charge in [0.05, 0.1) is 29.7 Å². The van der Waals surface area contributed by atoms with E-state index in [1.165, 1.54) is 6.08 Å². The zero-order valence-corrected chi connectivity index (χ0v) is 22.1. The van der Waals surface area contributed by atoms with Gasteiger partial charge < -0.3 is 25.2 Å². The molecular formula is C29H29ClN6O2. The molecule has 3 aromatic carbocycles. The van der Waals surface area contributed by atoms with Gasteiger partial charge in [0.25, 0.3) is 0 Å². The SMILES string of the molecule is C=CC(=O)Nc1cc(Nc2ncc3cccc(-c4cccc(Cl)c4)c3n2)c(OC)cc1N1CCN(C)CC1. The number of nitrogens with zero attached hydrogens (tertiary/aromatic N) is 4. The summed E-state index contributed by atoms with van der Waals surface area (Å²) in [5, 5.41) is 7.81. The van der Waals surface area contributed by atoms with Crippen molar-refractivity contribution in [2.24, 2.45) is 0 Å². The molecule has 1 fully saturated rings. The molecule has 4 aromatic rings. The van der Waals surface area contributed by atoms with Gasteiger partial charge in [-0.25, -0.2) is 9.97 Å². The summed E-state index contributed by atoms with van der Waals surface area (Å²) in [6.45, 7) is 7.13. The summed E-state index contributed by atoms with van der Waals surface area (Å²) in [5.41, 5.74) is 4.88. The first-order valence-electron chi connectivity index (χ1n) is 12.3. The fraction of sp³-hybridized carbons (Fsp3) is 0.207.